The van der Waals surface area contributed by atoms with Gasteiger partial charge in [-0.05, 0) is 57.1 Å². The summed E-state index contributed by atoms with van der Waals surface area (Å²) in [6.45, 7) is 5.77. The number of halogens is 1. The van der Waals surface area contributed by atoms with Crippen LogP contribution in [0.1, 0.15) is 31.6 Å². The summed E-state index contributed by atoms with van der Waals surface area (Å²) in [6.07, 6.45) is 3.55. The maximum absolute atomic E-state index is 5.76. The van der Waals surface area contributed by atoms with Gasteiger partial charge in [-0.25, -0.2) is 0 Å². The maximum Gasteiger partial charge on any atom is 0.0225 e. The SMILES string of the molecule is CC(CCCl)CCN(C)C(C)Cc1cccs1. The third-order valence-corrected chi connectivity index (χ3v) is 4.52. The molecule has 3 heteroatoms. The molecule has 0 amide bonds. The van der Waals surface area contributed by atoms with Gasteiger partial charge in [0.25, 0.3) is 0 Å². The van der Waals surface area contributed by atoms with Crippen LogP contribution in [0.2, 0.25) is 0 Å². The lowest BCUT2D eigenvalue weighted by atomic mass is 10.0. The van der Waals surface area contributed by atoms with E-state index in [0.717, 1.165) is 24.6 Å². The molecule has 1 rings (SSSR count). The molecule has 0 bridgehead atoms. The number of rotatable bonds is 8. The Kier molecular flexibility index (Phi) is 7.17. The molecule has 1 nitrogen and oxygen atoms in total. The first-order valence-electron chi connectivity index (χ1n) is 6.42. The normalized spacial score (nSPS) is 15.1. The molecule has 17 heavy (non-hydrogen) atoms. The van der Waals surface area contributed by atoms with Crippen molar-refractivity contribution in [2.45, 2.75) is 39.2 Å². The molecule has 0 spiro atoms. The monoisotopic (exact) mass is 273 g/mol. The average molecular weight is 274 g/mol. The van der Waals surface area contributed by atoms with E-state index in [9.17, 15) is 0 Å². The molecule has 1 heterocycles. The zero-order valence-electron chi connectivity index (χ0n) is 11.2. The molecule has 0 saturated heterocycles. The predicted octanol–water partition coefficient (Wildman–Crippen LogP) is 4.27. The summed E-state index contributed by atoms with van der Waals surface area (Å²) < 4.78 is 0. The highest BCUT2D eigenvalue weighted by Crippen LogP contribution is 2.15. The van der Waals surface area contributed by atoms with Crippen LogP contribution in [-0.2, 0) is 6.42 Å². The first-order valence-corrected chi connectivity index (χ1v) is 7.83. The fraction of sp³-hybridized carbons (Fsp3) is 0.714. The topological polar surface area (TPSA) is 3.24 Å². The number of nitrogens with zero attached hydrogens (tertiary/aromatic N) is 1. The minimum absolute atomic E-state index is 0.622. The Bertz CT molecular complexity index is 286. The van der Waals surface area contributed by atoms with Crippen molar-refractivity contribution in [3.63, 3.8) is 0 Å². The molecule has 0 aromatic carbocycles. The number of thiophene rings is 1. The molecule has 98 valence electrons. The van der Waals surface area contributed by atoms with Gasteiger partial charge in [0, 0.05) is 16.8 Å². The summed E-state index contributed by atoms with van der Waals surface area (Å²) in [6, 6.07) is 4.98. The third-order valence-electron chi connectivity index (χ3n) is 3.41. The molecule has 1 aromatic rings. The van der Waals surface area contributed by atoms with Gasteiger partial charge in [-0.3, -0.25) is 0 Å². The summed E-state index contributed by atoms with van der Waals surface area (Å²) in [4.78, 5) is 3.95. The van der Waals surface area contributed by atoms with Crippen LogP contribution in [0.15, 0.2) is 17.5 Å². The van der Waals surface area contributed by atoms with Crippen molar-refractivity contribution in [1.29, 1.82) is 0 Å². The van der Waals surface area contributed by atoms with E-state index in [1.165, 1.54) is 17.8 Å². The summed E-state index contributed by atoms with van der Waals surface area (Å²) in [7, 11) is 2.23. The summed E-state index contributed by atoms with van der Waals surface area (Å²) >= 11 is 7.61. The molecule has 2 atom stereocenters. The van der Waals surface area contributed by atoms with Crippen molar-refractivity contribution >= 4 is 22.9 Å². The second-order valence-electron chi connectivity index (χ2n) is 4.98. The van der Waals surface area contributed by atoms with Crippen LogP contribution in [0.25, 0.3) is 0 Å². The Morgan fingerprint density at radius 1 is 1.35 bits per heavy atom. The van der Waals surface area contributed by atoms with E-state index < -0.39 is 0 Å². The molecule has 0 aliphatic rings. The zero-order chi connectivity index (χ0) is 12.7. The number of hydrogen-bond acceptors (Lipinski definition) is 2. The second-order valence-corrected chi connectivity index (χ2v) is 6.39. The Morgan fingerprint density at radius 3 is 2.71 bits per heavy atom. The third kappa shape index (κ3) is 5.89. The molecule has 0 aliphatic heterocycles. The minimum Gasteiger partial charge on any atom is -0.303 e. The quantitative estimate of drug-likeness (QED) is 0.640. The van der Waals surface area contributed by atoms with Crippen LogP contribution >= 0.6 is 22.9 Å². The molecular weight excluding hydrogens is 250 g/mol. The Balaban J connectivity index is 2.24. The van der Waals surface area contributed by atoms with E-state index in [1.54, 1.807) is 0 Å². The van der Waals surface area contributed by atoms with E-state index in [0.29, 0.717) is 6.04 Å². The standard InChI is InChI=1S/C14H24ClNS/c1-12(6-8-15)7-9-16(3)13(2)11-14-5-4-10-17-14/h4-5,10,12-13H,6-9,11H2,1-3H3. The summed E-state index contributed by atoms with van der Waals surface area (Å²) in [5, 5.41) is 2.16. The van der Waals surface area contributed by atoms with Gasteiger partial charge < -0.3 is 4.90 Å². The van der Waals surface area contributed by atoms with E-state index in [4.69, 9.17) is 11.6 Å². The van der Waals surface area contributed by atoms with Gasteiger partial charge in [-0.15, -0.1) is 22.9 Å². The van der Waals surface area contributed by atoms with Crippen molar-refractivity contribution in [3.05, 3.63) is 22.4 Å². The minimum atomic E-state index is 0.622. The lowest BCUT2D eigenvalue weighted by Gasteiger charge is -2.25. The largest absolute Gasteiger partial charge is 0.303 e. The van der Waals surface area contributed by atoms with Crippen LogP contribution in [0.5, 0.6) is 0 Å². The number of likely N-dealkylation sites (N-methyl/N-ethyl adjacent to an activating group) is 1. The molecule has 0 N–H and O–H groups in total. The Hall–Kier alpha value is -0.0500. The molecule has 0 fully saturated rings. The van der Waals surface area contributed by atoms with Crippen molar-refractivity contribution in [3.8, 4) is 0 Å². The van der Waals surface area contributed by atoms with Crippen molar-refractivity contribution < 1.29 is 0 Å². The predicted molar refractivity (Wildman–Crippen MR) is 79.2 cm³/mol. The van der Waals surface area contributed by atoms with Gasteiger partial charge in [0.05, 0.1) is 0 Å². The maximum atomic E-state index is 5.76. The van der Waals surface area contributed by atoms with Crippen molar-refractivity contribution in [2.24, 2.45) is 5.92 Å². The fourth-order valence-corrected chi connectivity index (χ4v) is 3.05. The lowest BCUT2D eigenvalue weighted by molar-refractivity contribution is 0.239. The molecule has 1 aromatic heterocycles. The first kappa shape index (κ1) is 15.0. The van der Waals surface area contributed by atoms with Gasteiger partial charge in [0.1, 0.15) is 0 Å². The molecule has 0 saturated carbocycles. The zero-order valence-corrected chi connectivity index (χ0v) is 12.7. The van der Waals surface area contributed by atoms with Crippen LogP contribution in [0.4, 0.5) is 0 Å². The average Bonchev–Trinajstić information content (AvgIpc) is 2.79. The van der Waals surface area contributed by atoms with Gasteiger partial charge in [0.2, 0.25) is 0 Å². The fourth-order valence-electron chi connectivity index (χ4n) is 1.85. The van der Waals surface area contributed by atoms with E-state index in [2.05, 4.69) is 43.3 Å². The first-order chi connectivity index (χ1) is 8.13. The highest BCUT2D eigenvalue weighted by molar-refractivity contribution is 7.09. The number of alkyl halides is 1. The Labute approximate surface area is 115 Å². The van der Waals surface area contributed by atoms with E-state index >= 15 is 0 Å². The smallest absolute Gasteiger partial charge is 0.0225 e. The van der Waals surface area contributed by atoms with E-state index in [1.807, 2.05) is 11.3 Å². The van der Waals surface area contributed by atoms with Crippen LogP contribution in [0, 0.1) is 5.92 Å². The highest BCUT2D eigenvalue weighted by Gasteiger charge is 2.11. The van der Waals surface area contributed by atoms with Crippen LogP contribution in [-0.4, -0.2) is 30.4 Å². The van der Waals surface area contributed by atoms with Crippen LogP contribution < -0.4 is 0 Å². The van der Waals surface area contributed by atoms with Gasteiger partial charge >= 0.3 is 0 Å². The van der Waals surface area contributed by atoms with Crippen molar-refractivity contribution in [1.82, 2.24) is 4.90 Å². The van der Waals surface area contributed by atoms with Crippen LogP contribution in [0.3, 0.4) is 0 Å². The second kappa shape index (κ2) is 8.12. The van der Waals surface area contributed by atoms with Crippen molar-refractivity contribution in [2.75, 3.05) is 19.5 Å². The van der Waals surface area contributed by atoms with Gasteiger partial charge in [-0.2, -0.15) is 0 Å². The van der Waals surface area contributed by atoms with Gasteiger partial charge in [0.15, 0.2) is 0 Å². The summed E-state index contributed by atoms with van der Waals surface area (Å²) in [5.41, 5.74) is 0. The highest BCUT2D eigenvalue weighted by atomic mass is 35.5. The van der Waals surface area contributed by atoms with E-state index in [-0.39, 0.29) is 0 Å². The molecular formula is C14H24ClNS. The molecule has 0 radical (unpaired) electrons. The molecule has 2 unspecified atom stereocenters. The number of hydrogen-bond donors (Lipinski definition) is 0. The molecule has 0 aliphatic carbocycles. The van der Waals surface area contributed by atoms with Gasteiger partial charge in [-0.1, -0.05) is 13.0 Å². The Morgan fingerprint density at radius 2 is 2.12 bits per heavy atom. The summed E-state index contributed by atoms with van der Waals surface area (Å²) in [5.74, 6) is 1.53. The lowest BCUT2D eigenvalue weighted by Crippen LogP contribution is -2.32.